The summed E-state index contributed by atoms with van der Waals surface area (Å²) in [7, 11) is 0. The molecule has 2 aromatic carbocycles. The van der Waals surface area contributed by atoms with E-state index in [-0.39, 0.29) is 52.3 Å². The maximum Gasteiger partial charge on any atom is 1.00 e. The van der Waals surface area contributed by atoms with Crippen LogP contribution in [0.25, 0.3) is 16.6 Å². The van der Waals surface area contributed by atoms with Crippen molar-refractivity contribution >= 4 is 40.2 Å². The molecule has 6 nitrogen and oxygen atoms in total. The van der Waals surface area contributed by atoms with Gasteiger partial charge < -0.3 is 16.8 Å². The van der Waals surface area contributed by atoms with Crippen molar-refractivity contribution in [3.8, 4) is 5.69 Å². The topological polar surface area (TPSA) is 86.1 Å². The zero-order chi connectivity index (χ0) is 23.3. The van der Waals surface area contributed by atoms with Crippen LogP contribution in [0.5, 0.6) is 0 Å². The quantitative estimate of drug-likeness (QED) is 0.372. The summed E-state index contributed by atoms with van der Waals surface area (Å²) in [5.41, 5.74) is 7.01. The number of aromatic carboxylic acids is 1. The number of hydrogen-bond acceptors (Lipinski definition) is 4. The predicted molar refractivity (Wildman–Crippen MR) is 124 cm³/mol. The van der Waals surface area contributed by atoms with Gasteiger partial charge in [0.1, 0.15) is 0 Å². The molecule has 0 spiro atoms. The van der Waals surface area contributed by atoms with Crippen LogP contribution in [0.3, 0.4) is 0 Å². The molecule has 0 saturated heterocycles. The minimum Gasteiger partial charge on any atom is -1.00 e. The van der Waals surface area contributed by atoms with E-state index in [1.165, 1.54) is 24.3 Å². The summed E-state index contributed by atoms with van der Waals surface area (Å²) in [6, 6.07) is 7.44. The number of carbonyl (C=O) groups is 1. The Morgan fingerprint density at radius 1 is 1.26 bits per heavy atom. The molecule has 2 heterocycles. The first kappa shape index (κ1) is 25.2. The molecule has 172 valence electrons. The maximum absolute atomic E-state index is 15.4. The van der Waals surface area contributed by atoms with Crippen molar-refractivity contribution in [1.29, 1.82) is 0 Å². The third kappa shape index (κ3) is 4.41. The van der Waals surface area contributed by atoms with Gasteiger partial charge in [-0.2, -0.15) is 5.10 Å². The largest absolute Gasteiger partial charge is 1.00 e. The first-order chi connectivity index (χ1) is 15.9. The Bertz CT molecular complexity index is 1410. The third-order valence-corrected chi connectivity index (χ3v) is 7.08. The number of halogens is 3. The van der Waals surface area contributed by atoms with Crippen LogP contribution < -0.4 is 35.3 Å². The van der Waals surface area contributed by atoms with Crippen molar-refractivity contribution in [2.75, 3.05) is 6.54 Å². The van der Waals surface area contributed by atoms with E-state index < -0.39 is 23.2 Å². The Morgan fingerprint density at radius 2 is 2.03 bits per heavy atom. The number of hydrogen-bond donors (Lipinski definition) is 2. The Morgan fingerprint density at radius 3 is 2.71 bits per heavy atom. The van der Waals surface area contributed by atoms with Crippen molar-refractivity contribution in [3.63, 3.8) is 0 Å². The number of aromatic nitrogens is 3. The fourth-order valence-corrected chi connectivity index (χ4v) is 5.35. The molecule has 0 radical (unpaired) electrons. The summed E-state index contributed by atoms with van der Waals surface area (Å²) in [6.45, 7) is 0.916. The molecule has 0 amide bonds. The molecule has 2 aromatic heterocycles. The SMILES string of the molecule is NCCn1cc(-n2c(C3CC3)c(Sc3cccc(C(=O)O)c3F)c3ccc(Cl)c(F)c32)cn1.[H-].[Na+]. The number of nitrogens with zero attached hydrogens (tertiary/aromatic N) is 3. The van der Waals surface area contributed by atoms with Crippen molar-refractivity contribution in [2.45, 2.75) is 35.1 Å². The summed E-state index contributed by atoms with van der Waals surface area (Å²) < 4.78 is 33.9. The predicted octanol–water partition coefficient (Wildman–Crippen LogP) is 2.56. The fraction of sp³-hybridized carbons (Fsp3) is 0.217. The van der Waals surface area contributed by atoms with Crippen LogP contribution >= 0.6 is 23.4 Å². The van der Waals surface area contributed by atoms with Crippen molar-refractivity contribution in [2.24, 2.45) is 5.73 Å². The van der Waals surface area contributed by atoms with Gasteiger partial charge in [-0.05, 0) is 37.1 Å². The zero-order valence-electron chi connectivity index (χ0n) is 19.3. The Balaban J connectivity index is 0.00000171. The fourth-order valence-electron chi connectivity index (χ4n) is 3.99. The molecule has 34 heavy (non-hydrogen) atoms. The van der Waals surface area contributed by atoms with Gasteiger partial charge in [-0.1, -0.05) is 29.4 Å². The number of benzene rings is 2. The summed E-state index contributed by atoms with van der Waals surface area (Å²) in [5.74, 6) is -2.58. The van der Waals surface area contributed by atoms with Crippen LogP contribution in [-0.4, -0.2) is 32.0 Å². The standard InChI is InChI=1S/C23H19ClF2N4O2S.Na.H/c24-16-7-6-15-21(19(16)26)30(13-10-28-29(11-13)9-8-27)20(12-4-5-12)22(15)33-17-3-1-2-14(18(17)25)23(31)32;;/h1-3,6-7,10-12H,4-5,8-9,27H2,(H,31,32);;/q;+1;-1. The Hall–Kier alpha value is -1.88. The van der Waals surface area contributed by atoms with Crippen LogP contribution in [0, 0.1) is 11.6 Å². The first-order valence-corrected chi connectivity index (χ1v) is 11.5. The second kappa shape index (κ2) is 10.0. The average molecular weight is 513 g/mol. The molecule has 0 bridgehead atoms. The smallest absolute Gasteiger partial charge is 1.00 e. The molecule has 0 aliphatic heterocycles. The molecule has 3 N–H and O–H groups in total. The van der Waals surface area contributed by atoms with E-state index >= 15 is 4.39 Å². The number of rotatable bonds is 7. The van der Waals surface area contributed by atoms with Gasteiger partial charge in [0.2, 0.25) is 0 Å². The van der Waals surface area contributed by atoms with E-state index in [1.807, 2.05) is 0 Å². The monoisotopic (exact) mass is 512 g/mol. The third-order valence-electron chi connectivity index (χ3n) is 5.62. The maximum atomic E-state index is 15.4. The summed E-state index contributed by atoms with van der Waals surface area (Å²) in [6.07, 6.45) is 5.25. The molecule has 1 fully saturated rings. The summed E-state index contributed by atoms with van der Waals surface area (Å²) >= 11 is 7.24. The summed E-state index contributed by atoms with van der Waals surface area (Å²) in [4.78, 5) is 12.2. The van der Waals surface area contributed by atoms with E-state index in [0.717, 1.165) is 30.3 Å². The van der Waals surface area contributed by atoms with Gasteiger partial charge in [0.05, 0.1) is 34.5 Å². The zero-order valence-corrected chi connectivity index (χ0v) is 21.8. The van der Waals surface area contributed by atoms with Gasteiger partial charge in [-0.3, -0.25) is 4.68 Å². The van der Waals surface area contributed by atoms with Crippen LogP contribution in [0.4, 0.5) is 8.78 Å². The molecule has 4 aromatic rings. The molecular weight excluding hydrogens is 493 g/mol. The second-order valence-electron chi connectivity index (χ2n) is 7.86. The first-order valence-electron chi connectivity index (χ1n) is 10.4. The molecular formula is C23H20ClF2N4NaO2S. The van der Waals surface area contributed by atoms with Gasteiger partial charge in [0, 0.05) is 39.5 Å². The van der Waals surface area contributed by atoms with E-state index in [2.05, 4.69) is 5.10 Å². The molecule has 1 aliphatic rings. The minimum atomic E-state index is -1.34. The number of carboxylic acids is 1. The van der Waals surface area contributed by atoms with Crippen LogP contribution in [-0.2, 0) is 6.54 Å². The Kier molecular flexibility index (Phi) is 7.42. The molecule has 1 saturated carbocycles. The number of carboxylic acid groups (broad SMARTS) is 1. The van der Waals surface area contributed by atoms with E-state index in [4.69, 9.17) is 17.3 Å². The molecule has 0 unspecified atom stereocenters. The molecule has 11 heteroatoms. The van der Waals surface area contributed by atoms with Gasteiger partial charge in [0.25, 0.3) is 0 Å². The van der Waals surface area contributed by atoms with Crippen LogP contribution in [0.2, 0.25) is 5.02 Å². The summed E-state index contributed by atoms with van der Waals surface area (Å²) in [5, 5.41) is 14.2. The van der Waals surface area contributed by atoms with Crippen molar-refractivity contribution in [3.05, 3.63) is 70.6 Å². The molecule has 5 rings (SSSR count). The average Bonchev–Trinajstić information content (AvgIpc) is 3.43. The van der Waals surface area contributed by atoms with Gasteiger partial charge in [-0.15, -0.1) is 0 Å². The van der Waals surface area contributed by atoms with Crippen LogP contribution in [0.15, 0.2) is 52.5 Å². The van der Waals surface area contributed by atoms with Crippen molar-refractivity contribution < 1.29 is 49.7 Å². The molecule has 0 atom stereocenters. The van der Waals surface area contributed by atoms with E-state index in [1.54, 1.807) is 27.7 Å². The normalized spacial score (nSPS) is 13.3. The number of fused-ring (bicyclic) bond motifs is 1. The van der Waals surface area contributed by atoms with E-state index in [9.17, 15) is 14.3 Å². The molecule has 1 aliphatic carbocycles. The van der Waals surface area contributed by atoms with Crippen molar-refractivity contribution in [1.82, 2.24) is 14.3 Å². The Labute approximate surface area is 226 Å². The van der Waals surface area contributed by atoms with Gasteiger partial charge in [0.15, 0.2) is 11.6 Å². The van der Waals surface area contributed by atoms with Gasteiger partial charge in [-0.25, -0.2) is 13.6 Å². The van der Waals surface area contributed by atoms with Crippen LogP contribution in [0.1, 0.15) is 36.2 Å². The van der Waals surface area contributed by atoms with Gasteiger partial charge >= 0.3 is 35.5 Å². The number of nitrogens with two attached hydrogens (primary N) is 1. The minimum absolute atomic E-state index is 0. The van der Waals surface area contributed by atoms with E-state index in [0.29, 0.717) is 29.1 Å². The second-order valence-corrected chi connectivity index (χ2v) is 9.32.